The lowest BCUT2D eigenvalue weighted by Crippen LogP contribution is -2.29. The molecule has 1 saturated heterocycles. The molecule has 1 aromatic rings. The van der Waals surface area contributed by atoms with Crippen molar-refractivity contribution in [3.05, 3.63) is 29.3 Å². The van der Waals surface area contributed by atoms with E-state index in [2.05, 4.69) is 36.9 Å². The summed E-state index contributed by atoms with van der Waals surface area (Å²) in [4.78, 5) is 2.48. The van der Waals surface area contributed by atoms with E-state index in [1.165, 1.54) is 17.5 Å². The van der Waals surface area contributed by atoms with Crippen LogP contribution in [-0.4, -0.2) is 31.1 Å². The third-order valence-electron chi connectivity index (χ3n) is 3.88. The maximum absolute atomic E-state index is 5.98. The molecule has 3 heteroatoms. The molecule has 2 unspecified atom stereocenters. The van der Waals surface area contributed by atoms with Gasteiger partial charge in [0.2, 0.25) is 0 Å². The zero-order valence-corrected chi connectivity index (χ0v) is 11.6. The highest BCUT2D eigenvalue weighted by atomic mass is 16.5. The van der Waals surface area contributed by atoms with Gasteiger partial charge in [-0.3, -0.25) is 4.90 Å². The van der Waals surface area contributed by atoms with Crippen molar-refractivity contribution in [3.8, 4) is 5.75 Å². The fourth-order valence-electron chi connectivity index (χ4n) is 2.71. The molecule has 0 spiro atoms. The van der Waals surface area contributed by atoms with E-state index in [4.69, 9.17) is 10.5 Å². The summed E-state index contributed by atoms with van der Waals surface area (Å²) >= 11 is 0. The summed E-state index contributed by atoms with van der Waals surface area (Å²) in [6, 6.07) is 6.67. The fraction of sp³-hybridized carbons (Fsp3) is 0.600. The van der Waals surface area contributed by atoms with Crippen LogP contribution >= 0.6 is 0 Å². The Kier molecular flexibility index (Phi) is 4.25. The Bertz CT molecular complexity index is 403. The lowest BCUT2D eigenvalue weighted by Gasteiger charge is -2.19. The molecule has 18 heavy (non-hydrogen) atoms. The maximum atomic E-state index is 5.98. The van der Waals surface area contributed by atoms with E-state index in [9.17, 15) is 0 Å². The summed E-state index contributed by atoms with van der Waals surface area (Å²) in [5.74, 6) is 1.63. The molecule has 1 fully saturated rings. The van der Waals surface area contributed by atoms with Gasteiger partial charge in [0.05, 0.1) is 7.11 Å². The van der Waals surface area contributed by atoms with Gasteiger partial charge in [-0.05, 0) is 38.8 Å². The monoisotopic (exact) mass is 248 g/mol. The first-order chi connectivity index (χ1) is 8.60. The average molecular weight is 248 g/mol. The van der Waals surface area contributed by atoms with E-state index < -0.39 is 0 Å². The molecule has 2 N–H and O–H groups in total. The zero-order valence-electron chi connectivity index (χ0n) is 11.6. The molecule has 0 aliphatic carbocycles. The quantitative estimate of drug-likeness (QED) is 0.887. The lowest BCUT2D eigenvalue weighted by molar-refractivity contribution is 0.301. The number of aryl methyl sites for hydroxylation is 1. The Morgan fingerprint density at radius 2 is 2.28 bits per heavy atom. The second-order valence-electron chi connectivity index (χ2n) is 5.46. The Labute approximate surface area is 110 Å². The first-order valence-corrected chi connectivity index (χ1v) is 6.71. The van der Waals surface area contributed by atoms with Gasteiger partial charge in [0.15, 0.2) is 0 Å². The number of nitrogens with two attached hydrogens (primary N) is 1. The van der Waals surface area contributed by atoms with Gasteiger partial charge in [0, 0.05) is 24.7 Å². The van der Waals surface area contributed by atoms with Gasteiger partial charge >= 0.3 is 0 Å². The standard InChI is InChI=1S/C15H24N2O/c1-11-4-5-15(18-3)14(8-11)10-17-7-6-13(9-17)12(2)16/h4-5,8,12-13H,6-7,9-10,16H2,1-3H3. The van der Waals surface area contributed by atoms with Gasteiger partial charge in [0.25, 0.3) is 0 Å². The van der Waals surface area contributed by atoms with E-state index in [1.807, 2.05) is 0 Å². The largest absolute Gasteiger partial charge is 0.496 e. The molecule has 2 rings (SSSR count). The van der Waals surface area contributed by atoms with Crippen LogP contribution in [0.1, 0.15) is 24.5 Å². The summed E-state index contributed by atoms with van der Waals surface area (Å²) in [6.07, 6.45) is 1.21. The van der Waals surface area contributed by atoms with Crippen LogP contribution in [0.15, 0.2) is 18.2 Å². The van der Waals surface area contributed by atoms with Crippen LogP contribution in [-0.2, 0) is 6.54 Å². The smallest absolute Gasteiger partial charge is 0.123 e. The molecule has 2 atom stereocenters. The molecule has 100 valence electrons. The van der Waals surface area contributed by atoms with Crippen molar-refractivity contribution in [3.63, 3.8) is 0 Å². The van der Waals surface area contributed by atoms with Crippen molar-refractivity contribution in [2.24, 2.45) is 11.7 Å². The molecule has 1 heterocycles. The van der Waals surface area contributed by atoms with Gasteiger partial charge in [-0.25, -0.2) is 0 Å². The number of hydrogen-bond acceptors (Lipinski definition) is 3. The van der Waals surface area contributed by atoms with E-state index in [0.717, 1.165) is 25.4 Å². The van der Waals surface area contributed by atoms with Gasteiger partial charge in [-0.15, -0.1) is 0 Å². The predicted octanol–water partition coefficient (Wildman–Crippen LogP) is 2.17. The number of rotatable bonds is 4. The third kappa shape index (κ3) is 3.03. The van der Waals surface area contributed by atoms with Crippen LogP contribution in [0.2, 0.25) is 0 Å². The number of benzene rings is 1. The molecule has 0 saturated carbocycles. The molecular weight excluding hydrogens is 224 g/mol. The highest BCUT2D eigenvalue weighted by molar-refractivity contribution is 5.36. The lowest BCUT2D eigenvalue weighted by atomic mass is 10.0. The van der Waals surface area contributed by atoms with Gasteiger partial charge in [-0.1, -0.05) is 17.7 Å². The SMILES string of the molecule is COc1ccc(C)cc1CN1CCC(C(C)N)C1. The van der Waals surface area contributed by atoms with Crippen LogP contribution in [0.5, 0.6) is 5.75 Å². The molecule has 0 bridgehead atoms. The van der Waals surface area contributed by atoms with Gasteiger partial charge in [0.1, 0.15) is 5.75 Å². The normalized spacial score (nSPS) is 22.1. The number of ether oxygens (including phenoxy) is 1. The molecule has 0 radical (unpaired) electrons. The van der Waals surface area contributed by atoms with Crippen molar-refractivity contribution in [1.82, 2.24) is 4.90 Å². The first-order valence-electron chi connectivity index (χ1n) is 6.71. The van der Waals surface area contributed by atoms with Crippen molar-refractivity contribution < 1.29 is 4.74 Å². The zero-order chi connectivity index (χ0) is 13.1. The maximum Gasteiger partial charge on any atom is 0.123 e. The molecule has 3 nitrogen and oxygen atoms in total. The van der Waals surface area contributed by atoms with Gasteiger partial charge in [-0.2, -0.15) is 0 Å². The van der Waals surface area contributed by atoms with Crippen LogP contribution in [0, 0.1) is 12.8 Å². The molecular formula is C15H24N2O. The number of likely N-dealkylation sites (tertiary alicyclic amines) is 1. The summed E-state index contributed by atoms with van der Waals surface area (Å²) in [7, 11) is 1.74. The Morgan fingerprint density at radius 3 is 2.89 bits per heavy atom. The van der Waals surface area contributed by atoms with E-state index in [0.29, 0.717) is 12.0 Å². The highest BCUT2D eigenvalue weighted by Crippen LogP contribution is 2.25. The topological polar surface area (TPSA) is 38.5 Å². The summed E-state index contributed by atoms with van der Waals surface area (Å²) in [6.45, 7) is 7.45. The van der Waals surface area contributed by atoms with Crippen molar-refractivity contribution in [2.45, 2.75) is 32.9 Å². The van der Waals surface area contributed by atoms with Crippen molar-refractivity contribution >= 4 is 0 Å². The summed E-state index contributed by atoms with van der Waals surface area (Å²) < 4.78 is 5.43. The van der Waals surface area contributed by atoms with E-state index in [-0.39, 0.29) is 0 Å². The van der Waals surface area contributed by atoms with Crippen LogP contribution in [0.3, 0.4) is 0 Å². The predicted molar refractivity (Wildman–Crippen MR) is 74.8 cm³/mol. The summed E-state index contributed by atoms with van der Waals surface area (Å²) in [5, 5.41) is 0. The number of methoxy groups -OCH3 is 1. The molecule has 0 aromatic heterocycles. The first kappa shape index (κ1) is 13.4. The minimum absolute atomic E-state index is 0.300. The van der Waals surface area contributed by atoms with Crippen LogP contribution < -0.4 is 10.5 Å². The van der Waals surface area contributed by atoms with E-state index in [1.54, 1.807) is 7.11 Å². The third-order valence-corrected chi connectivity index (χ3v) is 3.88. The minimum Gasteiger partial charge on any atom is -0.496 e. The molecule has 1 aliphatic rings. The molecule has 0 amide bonds. The van der Waals surface area contributed by atoms with Gasteiger partial charge < -0.3 is 10.5 Å². The molecule has 1 aromatic carbocycles. The Hall–Kier alpha value is -1.06. The Morgan fingerprint density at radius 1 is 1.50 bits per heavy atom. The molecule has 1 aliphatic heterocycles. The van der Waals surface area contributed by atoms with Crippen LogP contribution in [0.4, 0.5) is 0 Å². The second-order valence-corrected chi connectivity index (χ2v) is 5.46. The van der Waals surface area contributed by atoms with Crippen LogP contribution in [0.25, 0.3) is 0 Å². The van der Waals surface area contributed by atoms with Crippen molar-refractivity contribution in [2.75, 3.05) is 20.2 Å². The Balaban J connectivity index is 2.04. The minimum atomic E-state index is 0.300. The average Bonchev–Trinajstić information content (AvgIpc) is 2.78. The van der Waals surface area contributed by atoms with Crippen molar-refractivity contribution in [1.29, 1.82) is 0 Å². The summed E-state index contributed by atoms with van der Waals surface area (Å²) in [5.41, 5.74) is 8.55. The number of hydrogen-bond donors (Lipinski definition) is 1. The number of nitrogens with zero attached hydrogens (tertiary/aromatic N) is 1. The highest BCUT2D eigenvalue weighted by Gasteiger charge is 2.25. The van der Waals surface area contributed by atoms with E-state index >= 15 is 0 Å². The second kappa shape index (κ2) is 5.72. The fourth-order valence-corrected chi connectivity index (χ4v) is 2.71.